The van der Waals surface area contributed by atoms with Crippen molar-refractivity contribution in [3.63, 3.8) is 0 Å². The van der Waals surface area contributed by atoms with Gasteiger partial charge >= 0.3 is 0 Å². The van der Waals surface area contributed by atoms with Crippen LogP contribution in [0.2, 0.25) is 0 Å². The molecule has 136 valence electrons. The molecule has 24 heavy (non-hydrogen) atoms. The largest absolute Gasteiger partial charge is 0.396 e. The fraction of sp³-hybridized carbons (Fsp3) is 0.812. The molecule has 0 spiro atoms. The molecular formula is C16H29N5O2S. The number of carbonyl (C=O) groups is 1. The van der Waals surface area contributed by atoms with Crippen LogP contribution in [0.3, 0.4) is 0 Å². The SMILES string of the molecule is CCc1nc(SCC(=O)N2CCN(CC(C)C)[C@@H](CCO)C2)n[nH]1. The fourth-order valence-electron chi connectivity index (χ4n) is 2.97. The molecule has 0 saturated carbocycles. The van der Waals surface area contributed by atoms with Gasteiger partial charge in [-0.1, -0.05) is 32.5 Å². The summed E-state index contributed by atoms with van der Waals surface area (Å²) in [6.45, 7) is 9.91. The number of H-pyrrole nitrogens is 1. The number of piperazine rings is 1. The van der Waals surface area contributed by atoms with Gasteiger partial charge in [0.15, 0.2) is 0 Å². The average Bonchev–Trinajstić information content (AvgIpc) is 3.02. The average molecular weight is 356 g/mol. The summed E-state index contributed by atoms with van der Waals surface area (Å²) in [4.78, 5) is 21.1. The molecule has 1 aliphatic rings. The summed E-state index contributed by atoms with van der Waals surface area (Å²) in [6.07, 6.45) is 1.52. The van der Waals surface area contributed by atoms with Crippen molar-refractivity contribution in [3.05, 3.63) is 5.82 Å². The van der Waals surface area contributed by atoms with E-state index in [1.165, 1.54) is 11.8 Å². The van der Waals surface area contributed by atoms with Gasteiger partial charge in [0.25, 0.3) is 0 Å². The number of carbonyl (C=O) groups excluding carboxylic acids is 1. The van der Waals surface area contributed by atoms with Crippen LogP contribution in [0, 0.1) is 5.92 Å². The molecule has 0 unspecified atom stereocenters. The van der Waals surface area contributed by atoms with E-state index in [0.29, 0.717) is 29.8 Å². The van der Waals surface area contributed by atoms with E-state index in [2.05, 4.69) is 33.9 Å². The molecule has 1 aromatic rings. The van der Waals surface area contributed by atoms with Crippen molar-refractivity contribution in [1.29, 1.82) is 0 Å². The first-order chi connectivity index (χ1) is 11.5. The second kappa shape index (κ2) is 9.39. The molecule has 0 bridgehead atoms. The highest BCUT2D eigenvalue weighted by atomic mass is 32.2. The molecule has 1 amide bonds. The lowest BCUT2D eigenvalue weighted by atomic mass is 10.1. The number of aliphatic hydroxyl groups excluding tert-OH is 1. The van der Waals surface area contributed by atoms with Gasteiger partial charge in [-0.25, -0.2) is 4.98 Å². The number of rotatable bonds is 8. The van der Waals surface area contributed by atoms with Crippen molar-refractivity contribution in [2.75, 3.05) is 38.5 Å². The Hall–Kier alpha value is -1.12. The van der Waals surface area contributed by atoms with Crippen molar-refractivity contribution in [3.8, 4) is 0 Å². The Morgan fingerprint density at radius 2 is 2.25 bits per heavy atom. The van der Waals surface area contributed by atoms with Crippen LogP contribution in [0.1, 0.15) is 33.0 Å². The summed E-state index contributed by atoms with van der Waals surface area (Å²) >= 11 is 1.38. The standard InChI is InChI=1S/C16H29N5O2S/c1-4-14-17-16(19-18-14)24-11-15(23)21-7-6-20(9-12(2)3)13(10-21)5-8-22/h12-13,22H,4-11H2,1-3H3,(H,17,18,19)/t13-/m0/s1. The Bertz CT molecular complexity index is 522. The van der Waals surface area contributed by atoms with Gasteiger partial charge in [0.2, 0.25) is 11.1 Å². The molecule has 1 aliphatic heterocycles. The number of nitrogens with one attached hydrogen (secondary N) is 1. The summed E-state index contributed by atoms with van der Waals surface area (Å²) in [7, 11) is 0. The number of aromatic amines is 1. The minimum atomic E-state index is 0.120. The van der Waals surface area contributed by atoms with Crippen LogP contribution in [0.15, 0.2) is 5.16 Å². The number of nitrogens with zero attached hydrogens (tertiary/aromatic N) is 4. The van der Waals surface area contributed by atoms with Crippen LogP contribution < -0.4 is 0 Å². The van der Waals surface area contributed by atoms with E-state index >= 15 is 0 Å². The second-order valence-corrected chi connectivity index (χ2v) is 7.54. The lowest BCUT2D eigenvalue weighted by molar-refractivity contribution is -0.131. The van der Waals surface area contributed by atoms with Crippen molar-refractivity contribution >= 4 is 17.7 Å². The summed E-state index contributed by atoms with van der Waals surface area (Å²) in [5.41, 5.74) is 0. The zero-order chi connectivity index (χ0) is 17.5. The highest BCUT2D eigenvalue weighted by molar-refractivity contribution is 7.99. The highest BCUT2D eigenvalue weighted by Crippen LogP contribution is 2.18. The Labute approximate surface area is 148 Å². The van der Waals surface area contributed by atoms with E-state index in [0.717, 1.165) is 31.9 Å². The quantitative estimate of drug-likeness (QED) is 0.677. The van der Waals surface area contributed by atoms with Crippen molar-refractivity contribution in [2.24, 2.45) is 5.92 Å². The highest BCUT2D eigenvalue weighted by Gasteiger charge is 2.29. The molecule has 0 aromatic carbocycles. The number of aliphatic hydroxyl groups is 1. The first-order valence-corrected chi connectivity index (χ1v) is 9.68. The predicted octanol–water partition coefficient (Wildman–Crippen LogP) is 1.01. The smallest absolute Gasteiger partial charge is 0.233 e. The molecule has 8 heteroatoms. The van der Waals surface area contributed by atoms with Gasteiger partial charge in [0.1, 0.15) is 5.82 Å². The number of aromatic nitrogens is 3. The van der Waals surface area contributed by atoms with Gasteiger partial charge in [-0.3, -0.25) is 14.8 Å². The van der Waals surface area contributed by atoms with Gasteiger partial charge in [-0.05, 0) is 12.3 Å². The molecule has 1 atom stereocenters. The van der Waals surface area contributed by atoms with Crippen molar-refractivity contribution in [1.82, 2.24) is 25.0 Å². The van der Waals surface area contributed by atoms with Crippen LogP contribution >= 0.6 is 11.8 Å². The van der Waals surface area contributed by atoms with Crippen molar-refractivity contribution < 1.29 is 9.90 Å². The third-order valence-electron chi connectivity index (χ3n) is 4.19. The molecule has 0 radical (unpaired) electrons. The van der Waals surface area contributed by atoms with Crippen LogP contribution in [-0.2, 0) is 11.2 Å². The Balaban J connectivity index is 1.85. The van der Waals surface area contributed by atoms with E-state index in [1.54, 1.807) is 0 Å². The van der Waals surface area contributed by atoms with E-state index in [9.17, 15) is 9.90 Å². The third-order valence-corrected chi connectivity index (χ3v) is 5.02. The Kier molecular flexibility index (Phi) is 7.51. The molecular weight excluding hydrogens is 326 g/mol. The maximum Gasteiger partial charge on any atom is 0.233 e. The first kappa shape index (κ1) is 19.2. The number of hydrogen-bond acceptors (Lipinski definition) is 6. The second-order valence-electron chi connectivity index (χ2n) is 6.60. The Morgan fingerprint density at radius 1 is 1.46 bits per heavy atom. The number of aryl methyl sites for hydroxylation is 1. The van der Waals surface area contributed by atoms with Gasteiger partial charge in [-0.2, -0.15) is 0 Å². The zero-order valence-electron chi connectivity index (χ0n) is 14.9. The summed E-state index contributed by atoms with van der Waals surface area (Å²) in [6, 6.07) is 0.246. The minimum Gasteiger partial charge on any atom is -0.396 e. The Morgan fingerprint density at radius 3 is 2.88 bits per heavy atom. The maximum atomic E-state index is 12.5. The summed E-state index contributed by atoms with van der Waals surface area (Å²) in [5.74, 6) is 1.91. The van der Waals surface area contributed by atoms with Gasteiger partial charge in [-0.15, -0.1) is 5.10 Å². The molecule has 2 rings (SSSR count). The number of amides is 1. The third kappa shape index (κ3) is 5.46. The molecule has 2 heterocycles. The summed E-state index contributed by atoms with van der Waals surface area (Å²) in [5, 5.41) is 16.9. The van der Waals surface area contributed by atoms with E-state index in [4.69, 9.17) is 0 Å². The van der Waals surface area contributed by atoms with Crippen LogP contribution in [-0.4, -0.2) is 80.6 Å². The molecule has 2 N–H and O–H groups in total. The lowest BCUT2D eigenvalue weighted by Gasteiger charge is -2.42. The molecule has 1 fully saturated rings. The molecule has 1 saturated heterocycles. The van der Waals surface area contributed by atoms with Crippen LogP contribution in [0.4, 0.5) is 0 Å². The zero-order valence-corrected chi connectivity index (χ0v) is 15.7. The number of thioether (sulfide) groups is 1. The van der Waals surface area contributed by atoms with Gasteiger partial charge < -0.3 is 10.0 Å². The van der Waals surface area contributed by atoms with E-state index < -0.39 is 0 Å². The van der Waals surface area contributed by atoms with Crippen LogP contribution in [0.25, 0.3) is 0 Å². The van der Waals surface area contributed by atoms with Crippen LogP contribution in [0.5, 0.6) is 0 Å². The fourth-order valence-corrected chi connectivity index (χ4v) is 3.69. The molecule has 0 aliphatic carbocycles. The predicted molar refractivity (Wildman–Crippen MR) is 95.0 cm³/mol. The van der Waals surface area contributed by atoms with E-state index in [-0.39, 0.29) is 18.6 Å². The summed E-state index contributed by atoms with van der Waals surface area (Å²) < 4.78 is 0. The molecule has 1 aromatic heterocycles. The topological polar surface area (TPSA) is 85.3 Å². The lowest BCUT2D eigenvalue weighted by Crippen LogP contribution is -2.56. The van der Waals surface area contributed by atoms with Crippen molar-refractivity contribution in [2.45, 2.75) is 44.8 Å². The monoisotopic (exact) mass is 355 g/mol. The molecule has 7 nitrogen and oxygen atoms in total. The number of hydrogen-bond donors (Lipinski definition) is 2. The minimum absolute atomic E-state index is 0.120. The maximum absolute atomic E-state index is 12.5. The van der Waals surface area contributed by atoms with Gasteiger partial charge in [0.05, 0.1) is 5.75 Å². The van der Waals surface area contributed by atoms with Gasteiger partial charge in [0, 0.05) is 45.2 Å². The first-order valence-electron chi connectivity index (χ1n) is 8.70. The van der Waals surface area contributed by atoms with E-state index in [1.807, 2.05) is 11.8 Å². The normalized spacial score (nSPS) is 19.2.